The van der Waals surface area contributed by atoms with Gasteiger partial charge in [0.15, 0.2) is 0 Å². The van der Waals surface area contributed by atoms with Crippen molar-refractivity contribution in [1.82, 2.24) is 19.3 Å². The van der Waals surface area contributed by atoms with Crippen molar-refractivity contribution in [2.45, 2.75) is 33.1 Å². The fraction of sp³-hybridized carbons (Fsp3) is 0.231. The van der Waals surface area contributed by atoms with Gasteiger partial charge in [-0.15, -0.1) is 34.8 Å². The average molecular weight is 1010 g/mol. The summed E-state index contributed by atoms with van der Waals surface area (Å²) in [5.74, 6) is 0.322. The Morgan fingerprint density at radius 3 is 1.47 bits per heavy atom. The Hall–Kier alpha value is -3.60. The number of hydrogen-bond donors (Lipinski definition) is 0. The number of benzene rings is 3. The molecule has 0 spiro atoms. The van der Waals surface area contributed by atoms with E-state index in [1.807, 2.05) is 43.3 Å². The van der Waals surface area contributed by atoms with E-state index in [0.717, 1.165) is 50.2 Å². The SMILES string of the molecule is CC1C=CN(c2[c-]c(-n3c4[c-]c(N5C=CN(C)[CH-]5)ccc4c4ccc(N5C=CN(C)[CH-]5)[c-]c43)[c-]c(N3C=CN(C)[CH-]3)c2C(C)(C)C)[CH-]1.[Pt+4].[Pt+4]. The molecule has 0 saturated carbocycles. The Balaban J connectivity index is 0.00000208. The number of aromatic nitrogens is 1. The summed E-state index contributed by atoms with van der Waals surface area (Å²) < 4.78 is 2.23. The van der Waals surface area contributed by atoms with Crippen LogP contribution in [0, 0.1) is 56.7 Å². The number of nitrogens with zero attached hydrogens (tertiary/aromatic N) is 8. The summed E-state index contributed by atoms with van der Waals surface area (Å²) in [6.07, 6.45) is 16.7. The molecule has 10 heteroatoms. The number of anilines is 4. The van der Waals surface area contributed by atoms with Crippen molar-refractivity contribution in [3.8, 4) is 5.69 Å². The number of hydrogen-bond acceptors (Lipinski definition) is 7. The summed E-state index contributed by atoms with van der Waals surface area (Å²) in [7, 11) is 6.10. The van der Waals surface area contributed by atoms with E-state index in [1.165, 1.54) is 5.56 Å². The van der Waals surface area contributed by atoms with Crippen LogP contribution >= 0.6 is 0 Å². The number of fused-ring (bicyclic) bond motifs is 3. The van der Waals surface area contributed by atoms with Crippen LogP contribution in [0.4, 0.5) is 22.7 Å². The first-order chi connectivity index (χ1) is 22.5. The standard InChI is InChI=1S/C39H38N8.2Pt/c1-28-12-13-43(24-28)36-22-31(23-37(38(36)39(2,3)4)46-19-16-42(7)27-46)47-34-20-29(44-17-14-40(5)25-44)8-10-32(34)33-11-9-30(21-35(33)47)45-18-15-41(6)26-45;;/h8-19,24-28H,1-7H3;;/q-8;2*+4. The molecule has 4 aromatic rings. The van der Waals surface area contributed by atoms with Gasteiger partial charge in [0.05, 0.1) is 0 Å². The molecule has 8 rings (SSSR count). The van der Waals surface area contributed by atoms with Gasteiger partial charge in [0.1, 0.15) is 0 Å². The van der Waals surface area contributed by atoms with Gasteiger partial charge in [0.2, 0.25) is 0 Å². The van der Waals surface area contributed by atoms with Crippen molar-refractivity contribution in [2.24, 2.45) is 5.92 Å². The Kier molecular flexibility index (Phi) is 9.54. The van der Waals surface area contributed by atoms with Crippen LogP contribution in [0.25, 0.3) is 27.5 Å². The Bertz CT molecular complexity index is 1870. The Morgan fingerprint density at radius 2 is 1.06 bits per heavy atom. The molecule has 1 aromatic heterocycles. The molecule has 0 N–H and O–H groups in total. The first kappa shape index (κ1) is 35.2. The predicted molar refractivity (Wildman–Crippen MR) is 191 cm³/mol. The molecule has 0 bridgehead atoms. The van der Waals surface area contributed by atoms with Crippen molar-refractivity contribution in [3.63, 3.8) is 0 Å². The van der Waals surface area contributed by atoms with E-state index < -0.39 is 0 Å². The van der Waals surface area contributed by atoms with Gasteiger partial charge < -0.3 is 51.0 Å². The maximum Gasteiger partial charge on any atom is 4.00 e. The van der Waals surface area contributed by atoms with Gasteiger partial charge in [-0.2, -0.15) is 55.0 Å². The average Bonchev–Trinajstić information content (AvgIpc) is 3.87. The van der Waals surface area contributed by atoms with Crippen molar-refractivity contribution in [1.29, 1.82) is 0 Å². The minimum absolute atomic E-state index is 0. The molecule has 0 fully saturated rings. The van der Waals surface area contributed by atoms with Crippen LogP contribution in [-0.4, -0.2) is 40.4 Å². The minimum atomic E-state index is -0.195. The van der Waals surface area contributed by atoms with Gasteiger partial charge in [0.25, 0.3) is 0 Å². The normalized spacial score (nSPS) is 18.7. The topological polar surface area (TPSA) is 27.6 Å². The molecule has 1 unspecified atom stereocenters. The van der Waals surface area contributed by atoms with Crippen molar-refractivity contribution < 1.29 is 42.1 Å². The molecule has 4 aliphatic rings. The van der Waals surface area contributed by atoms with E-state index in [4.69, 9.17) is 0 Å². The summed E-state index contributed by atoms with van der Waals surface area (Å²) in [6, 6.07) is 23.9. The van der Waals surface area contributed by atoms with E-state index in [0.29, 0.717) is 5.92 Å². The quantitative estimate of drug-likeness (QED) is 0.192. The zero-order chi connectivity index (χ0) is 32.6. The summed E-state index contributed by atoms with van der Waals surface area (Å²) in [5.41, 5.74) is 7.57. The second-order valence-electron chi connectivity index (χ2n) is 13.7. The smallest absolute Gasteiger partial charge is 0.539 e. The maximum atomic E-state index is 3.88. The predicted octanol–water partition coefficient (Wildman–Crippen LogP) is 7.44. The molecule has 0 aliphatic carbocycles. The Morgan fingerprint density at radius 1 is 0.592 bits per heavy atom. The molecule has 254 valence electrons. The third-order valence-electron chi connectivity index (χ3n) is 8.80. The van der Waals surface area contributed by atoms with E-state index in [2.05, 4.69) is 169 Å². The molecule has 0 amide bonds. The third kappa shape index (κ3) is 6.32. The molecule has 4 aliphatic heterocycles. The van der Waals surface area contributed by atoms with Gasteiger partial charge >= 0.3 is 42.1 Å². The molecule has 0 radical (unpaired) electrons. The zero-order valence-corrected chi connectivity index (χ0v) is 33.1. The Labute approximate surface area is 319 Å². The number of rotatable bonds is 5. The fourth-order valence-corrected chi connectivity index (χ4v) is 6.57. The van der Waals surface area contributed by atoms with Gasteiger partial charge in [-0.1, -0.05) is 44.8 Å². The van der Waals surface area contributed by atoms with E-state index in [1.54, 1.807) is 0 Å². The second kappa shape index (κ2) is 13.3. The van der Waals surface area contributed by atoms with Crippen LogP contribution in [0.1, 0.15) is 33.3 Å². The molecule has 3 aromatic carbocycles. The van der Waals surface area contributed by atoms with Crippen molar-refractivity contribution in [3.05, 3.63) is 130 Å². The van der Waals surface area contributed by atoms with Gasteiger partial charge in [-0.25, -0.2) is 29.2 Å². The maximum absolute atomic E-state index is 3.88. The first-order valence-corrected chi connectivity index (χ1v) is 15.9. The molecular formula is C39H38N8Pt2. The summed E-state index contributed by atoms with van der Waals surface area (Å²) in [6.45, 7) is 17.4. The molecular weight excluding hydrogens is 971 g/mol. The third-order valence-corrected chi connectivity index (χ3v) is 8.80. The summed E-state index contributed by atoms with van der Waals surface area (Å²) >= 11 is 0. The second-order valence-corrected chi connectivity index (χ2v) is 13.7. The van der Waals surface area contributed by atoms with Crippen LogP contribution < -0.4 is 19.6 Å². The summed E-state index contributed by atoms with van der Waals surface area (Å²) in [5, 5.41) is 2.19. The molecule has 49 heavy (non-hydrogen) atoms. The van der Waals surface area contributed by atoms with Crippen LogP contribution in [-0.2, 0) is 47.5 Å². The van der Waals surface area contributed by atoms with E-state index in [-0.39, 0.29) is 47.5 Å². The minimum Gasteiger partial charge on any atom is -0.539 e. The molecule has 8 nitrogen and oxygen atoms in total. The van der Waals surface area contributed by atoms with Gasteiger partial charge in [0, 0.05) is 0 Å². The van der Waals surface area contributed by atoms with Crippen LogP contribution in [0.2, 0.25) is 0 Å². The first-order valence-electron chi connectivity index (χ1n) is 15.9. The summed E-state index contributed by atoms with van der Waals surface area (Å²) in [4.78, 5) is 14.7. The van der Waals surface area contributed by atoms with Crippen LogP contribution in [0.15, 0.2) is 73.7 Å². The van der Waals surface area contributed by atoms with Gasteiger partial charge in [-0.05, 0) is 64.5 Å². The van der Waals surface area contributed by atoms with E-state index in [9.17, 15) is 0 Å². The van der Waals surface area contributed by atoms with E-state index >= 15 is 0 Å². The van der Waals surface area contributed by atoms with Crippen molar-refractivity contribution >= 4 is 44.6 Å². The van der Waals surface area contributed by atoms with Crippen molar-refractivity contribution in [2.75, 3.05) is 40.7 Å². The largest absolute Gasteiger partial charge is 4.00 e. The van der Waals surface area contributed by atoms with Crippen LogP contribution in [0.5, 0.6) is 0 Å². The molecule has 5 heterocycles. The van der Waals surface area contributed by atoms with Gasteiger partial charge in [-0.3, -0.25) is 0 Å². The molecule has 0 saturated heterocycles. The molecule has 1 atom stereocenters. The monoisotopic (exact) mass is 1010 g/mol. The zero-order valence-electron chi connectivity index (χ0n) is 28.5. The fourth-order valence-electron chi connectivity index (χ4n) is 6.57. The van der Waals surface area contributed by atoms with Crippen LogP contribution in [0.3, 0.4) is 0 Å².